The van der Waals surface area contributed by atoms with Gasteiger partial charge in [0.15, 0.2) is 5.60 Å². The number of piperazine rings is 1. The van der Waals surface area contributed by atoms with Gasteiger partial charge in [-0.15, -0.1) is 0 Å². The van der Waals surface area contributed by atoms with Crippen molar-refractivity contribution in [3.63, 3.8) is 0 Å². The van der Waals surface area contributed by atoms with Gasteiger partial charge in [-0.25, -0.2) is 18.6 Å². The van der Waals surface area contributed by atoms with E-state index in [0.29, 0.717) is 60.1 Å². The van der Waals surface area contributed by atoms with Crippen molar-refractivity contribution in [1.29, 1.82) is 0 Å². The lowest BCUT2D eigenvalue weighted by molar-refractivity contribution is -0.186. The number of urea groups is 1. The number of hydrogen-bond donors (Lipinski definition) is 4. The quantitative estimate of drug-likeness (QED) is 0.202. The molecule has 0 radical (unpaired) electrons. The number of β-amino-alcohol motifs (C(OH)–C–C–N with tert-alkyl or cyclic N) is 1. The van der Waals surface area contributed by atoms with Crippen LogP contribution in [0.1, 0.15) is 47.3 Å². The SMILES string of the molecule is C[C@H]1c2cc(Oc3ccnc4[nH]c(C5(O)COC5)cc34)ccc2CCN1C(=O)Nc1ccc(CN2CCN(CCO)CC2)c(C(F)F)c1. The van der Waals surface area contributed by atoms with Gasteiger partial charge in [0.2, 0.25) is 0 Å². The Labute approximate surface area is 277 Å². The van der Waals surface area contributed by atoms with E-state index in [4.69, 9.17) is 9.47 Å². The maximum absolute atomic E-state index is 14.2. The Bertz CT molecular complexity index is 1790. The number of aliphatic hydroxyl groups excluding tert-OH is 1. The molecule has 0 spiro atoms. The number of pyridine rings is 1. The van der Waals surface area contributed by atoms with Crippen molar-refractivity contribution in [2.75, 3.05) is 64.4 Å². The van der Waals surface area contributed by atoms with Crippen LogP contribution >= 0.6 is 0 Å². The summed E-state index contributed by atoms with van der Waals surface area (Å²) in [7, 11) is 0. The Kier molecular flexibility index (Phi) is 9.05. The largest absolute Gasteiger partial charge is 0.457 e. The molecule has 4 N–H and O–H groups in total. The number of carbonyl (C=O) groups excluding carboxylic acids is 1. The zero-order valence-corrected chi connectivity index (χ0v) is 26.8. The summed E-state index contributed by atoms with van der Waals surface area (Å²) >= 11 is 0. The van der Waals surface area contributed by atoms with Crippen LogP contribution in [0.15, 0.2) is 54.7 Å². The van der Waals surface area contributed by atoms with E-state index in [2.05, 4.69) is 25.1 Å². The Morgan fingerprint density at radius 2 is 1.90 bits per heavy atom. The topological polar surface area (TPSA) is 126 Å². The van der Waals surface area contributed by atoms with Crippen LogP contribution < -0.4 is 10.1 Å². The highest BCUT2D eigenvalue weighted by atomic mass is 19.3. The van der Waals surface area contributed by atoms with Gasteiger partial charge in [0.1, 0.15) is 17.1 Å². The van der Waals surface area contributed by atoms with Gasteiger partial charge in [-0.05, 0) is 66.4 Å². The van der Waals surface area contributed by atoms with E-state index in [1.807, 2.05) is 31.2 Å². The first-order valence-electron chi connectivity index (χ1n) is 16.3. The Hall–Kier alpha value is -4.14. The lowest BCUT2D eigenvalue weighted by Gasteiger charge is -2.35. The van der Waals surface area contributed by atoms with Gasteiger partial charge in [0.25, 0.3) is 6.43 Å². The van der Waals surface area contributed by atoms with Gasteiger partial charge in [-0.3, -0.25) is 9.80 Å². The van der Waals surface area contributed by atoms with Crippen molar-refractivity contribution in [2.24, 2.45) is 0 Å². The van der Waals surface area contributed by atoms with Gasteiger partial charge >= 0.3 is 6.03 Å². The predicted molar refractivity (Wildman–Crippen MR) is 175 cm³/mol. The van der Waals surface area contributed by atoms with Crippen LogP contribution in [0.2, 0.25) is 0 Å². The predicted octanol–water partition coefficient (Wildman–Crippen LogP) is 4.77. The first-order valence-corrected chi connectivity index (χ1v) is 16.3. The number of anilines is 1. The second-order valence-electron chi connectivity index (χ2n) is 12.8. The average molecular weight is 663 g/mol. The molecule has 0 aliphatic carbocycles. The third kappa shape index (κ3) is 6.48. The van der Waals surface area contributed by atoms with Crippen LogP contribution in [0.5, 0.6) is 11.5 Å². The van der Waals surface area contributed by atoms with E-state index in [1.165, 1.54) is 6.07 Å². The number of benzene rings is 2. The molecule has 3 aliphatic heterocycles. The van der Waals surface area contributed by atoms with Crippen molar-refractivity contribution < 1.29 is 33.3 Å². The maximum atomic E-state index is 14.2. The van der Waals surface area contributed by atoms with Crippen LogP contribution in [-0.4, -0.2) is 100 Å². The molecule has 0 saturated carbocycles. The summed E-state index contributed by atoms with van der Waals surface area (Å²) in [6.45, 7) is 7.02. The number of H-pyrrole nitrogens is 1. The van der Waals surface area contributed by atoms with Crippen molar-refractivity contribution in [2.45, 2.75) is 38.0 Å². The summed E-state index contributed by atoms with van der Waals surface area (Å²) in [6, 6.07) is 13.5. The zero-order chi connectivity index (χ0) is 33.4. The number of aromatic nitrogens is 2. The molecule has 48 heavy (non-hydrogen) atoms. The number of hydrogen-bond acceptors (Lipinski definition) is 8. The lowest BCUT2D eigenvalue weighted by atomic mass is 9.93. The minimum atomic E-state index is -2.68. The smallest absolute Gasteiger partial charge is 0.322 e. The third-order valence-electron chi connectivity index (χ3n) is 9.73. The van der Waals surface area contributed by atoms with Gasteiger partial charge in [0.05, 0.1) is 36.9 Å². The lowest BCUT2D eigenvalue weighted by Crippen LogP contribution is -2.46. The van der Waals surface area contributed by atoms with E-state index in [1.54, 1.807) is 29.3 Å². The second-order valence-corrected chi connectivity index (χ2v) is 12.8. The fourth-order valence-electron chi connectivity index (χ4n) is 6.82. The van der Waals surface area contributed by atoms with Crippen molar-refractivity contribution in [3.05, 3.63) is 82.7 Å². The number of ether oxygens (including phenoxy) is 2. The maximum Gasteiger partial charge on any atom is 0.322 e. The van der Waals surface area contributed by atoms with Crippen molar-refractivity contribution in [3.8, 4) is 11.5 Å². The molecule has 0 unspecified atom stereocenters. The number of nitrogens with one attached hydrogen (secondary N) is 2. The molecule has 2 amide bonds. The molecule has 2 saturated heterocycles. The number of halogens is 2. The summed E-state index contributed by atoms with van der Waals surface area (Å²) in [6.07, 6.45) is -0.399. The molecular weight excluding hydrogens is 622 g/mol. The number of alkyl halides is 2. The Morgan fingerprint density at radius 3 is 2.62 bits per heavy atom. The van der Waals surface area contributed by atoms with E-state index < -0.39 is 12.0 Å². The first kappa shape index (κ1) is 32.4. The van der Waals surface area contributed by atoms with Gasteiger partial charge < -0.3 is 34.9 Å². The molecule has 13 heteroatoms. The monoisotopic (exact) mass is 662 g/mol. The van der Waals surface area contributed by atoms with Crippen molar-refractivity contribution in [1.82, 2.24) is 24.7 Å². The molecule has 2 aromatic heterocycles. The molecule has 11 nitrogen and oxygen atoms in total. The minimum absolute atomic E-state index is 0.0839. The van der Waals surface area contributed by atoms with Crippen LogP contribution in [-0.2, 0) is 23.3 Å². The number of carbonyl (C=O) groups is 1. The van der Waals surface area contributed by atoms with Gasteiger partial charge in [0, 0.05) is 63.3 Å². The standard InChI is InChI=1S/C35H40F2N6O5/c1-22-27-17-26(48-30-6-8-38-33-29(30)18-31(40-33)35(46)20-47-21-35)5-3-23(27)7-9-43(22)34(45)39-25-4-2-24(28(16-25)32(36)37)19-42-12-10-41(11-13-42)14-15-44/h2-6,8,16-18,22,32,44,46H,7,9-15,19-21H2,1H3,(H,38,40)(H,39,45)/t22-/m0/s1. The Balaban J connectivity index is 1.03. The summed E-state index contributed by atoms with van der Waals surface area (Å²) in [5.41, 5.74) is 2.99. The van der Waals surface area contributed by atoms with E-state index in [0.717, 1.165) is 42.7 Å². The normalized spacial score (nSPS) is 19.7. The minimum Gasteiger partial charge on any atom is -0.457 e. The van der Waals surface area contributed by atoms with E-state index in [9.17, 15) is 23.8 Å². The molecule has 1 atom stereocenters. The number of aromatic amines is 1. The summed E-state index contributed by atoms with van der Waals surface area (Å²) in [5.74, 6) is 1.17. The molecule has 3 aliphatic rings. The fourth-order valence-corrected chi connectivity index (χ4v) is 6.82. The summed E-state index contributed by atoms with van der Waals surface area (Å²) in [5, 5.41) is 23.5. The van der Waals surface area contributed by atoms with Gasteiger partial charge in [-0.1, -0.05) is 12.1 Å². The number of aliphatic hydroxyl groups is 2. The Morgan fingerprint density at radius 1 is 1.10 bits per heavy atom. The van der Waals surface area contributed by atoms with E-state index in [-0.39, 0.29) is 37.5 Å². The average Bonchev–Trinajstić information content (AvgIpc) is 3.51. The first-order chi connectivity index (χ1) is 23.2. The molecule has 254 valence electrons. The molecule has 5 heterocycles. The molecule has 4 aromatic rings. The van der Waals surface area contributed by atoms with Crippen LogP contribution in [0.3, 0.4) is 0 Å². The third-order valence-corrected chi connectivity index (χ3v) is 9.73. The molecule has 0 bridgehead atoms. The van der Waals surface area contributed by atoms with E-state index >= 15 is 0 Å². The number of nitrogens with zero attached hydrogens (tertiary/aromatic N) is 4. The summed E-state index contributed by atoms with van der Waals surface area (Å²) in [4.78, 5) is 27.1. The number of amides is 2. The molecule has 7 rings (SSSR count). The zero-order valence-electron chi connectivity index (χ0n) is 26.8. The number of fused-ring (bicyclic) bond motifs is 2. The molecule has 2 aromatic carbocycles. The summed E-state index contributed by atoms with van der Waals surface area (Å²) < 4.78 is 39.9. The van der Waals surface area contributed by atoms with Crippen molar-refractivity contribution >= 4 is 22.8 Å². The van der Waals surface area contributed by atoms with Crippen LogP contribution in [0.4, 0.5) is 19.3 Å². The fraction of sp³-hybridized carbons (Fsp3) is 0.429. The van der Waals surface area contributed by atoms with Gasteiger partial charge in [-0.2, -0.15) is 0 Å². The number of rotatable bonds is 9. The van der Waals surface area contributed by atoms with Crippen LogP contribution in [0, 0.1) is 0 Å². The highest BCUT2D eigenvalue weighted by Crippen LogP contribution is 2.38. The molecular formula is C35H40F2N6O5. The highest BCUT2D eigenvalue weighted by molar-refractivity contribution is 5.90. The molecule has 2 fully saturated rings. The van der Waals surface area contributed by atoms with Crippen LogP contribution in [0.25, 0.3) is 11.0 Å². The highest BCUT2D eigenvalue weighted by Gasteiger charge is 2.40. The second kappa shape index (κ2) is 13.4.